The van der Waals surface area contributed by atoms with Crippen molar-refractivity contribution in [2.75, 3.05) is 11.9 Å². The molecule has 3 fully saturated rings. The quantitative estimate of drug-likeness (QED) is 0.381. The molecule has 38 heavy (non-hydrogen) atoms. The average molecular weight is 601 g/mol. The Morgan fingerprint density at radius 1 is 1.13 bits per heavy atom. The van der Waals surface area contributed by atoms with Crippen LogP contribution in [0.15, 0.2) is 60.7 Å². The number of hydrogen-bond donors (Lipinski definition) is 3. The molecule has 3 heterocycles. The van der Waals surface area contributed by atoms with E-state index in [1.807, 2.05) is 74.5 Å². The van der Waals surface area contributed by atoms with E-state index in [0.717, 1.165) is 12.0 Å². The number of carbonyl (C=O) groups excluding carboxylic acids is 3. The van der Waals surface area contributed by atoms with Crippen LogP contribution in [0.3, 0.4) is 0 Å². The summed E-state index contributed by atoms with van der Waals surface area (Å²) in [6.45, 7) is 4.12. The number of rotatable bonds is 9. The van der Waals surface area contributed by atoms with Gasteiger partial charge in [-0.1, -0.05) is 84.7 Å². The lowest BCUT2D eigenvalue weighted by molar-refractivity contribution is -0.143. The number of benzene rings is 2. The Morgan fingerprint density at radius 2 is 1.79 bits per heavy atom. The minimum Gasteiger partial charge on any atom is -0.394 e. The normalized spacial score (nSPS) is 31.1. The largest absolute Gasteiger partial charge is 0.394 e. The molecule has 0 radical (unpaired) electrons. The van der Waals surface area contributed by atoms with Crippen LogP contribution in [0.4, 0.5) is 5.69 Å². The minimum atomic E-state index is -0.778. The number of likely N-dealkylation sites (tertiary alicyclic amines) is 1. The molecule has 1 spiro atoms. The number of hydrogen-bond acceptors (Lipinski definition) is 5. The van der Waals surface area contributed by atoms with Crippen molar-refractivity contribution in [2.24, 2.45) is 17.8 Å². The molecule has 3 unspecified atom stereocenters. The number of nitrogens with zero attached hydrogens (tertiary/aromatic N) is 1. The van der Waals surface area contributed by atoms with Gasteiger partial charge in [-0.15, -0.1) is 11.8 Å². The Hall–Kier alpha value is -2.36. The summed E-state index contributed by atoms with van der Waals surface area (Å²) in [5.74, 6) is -1.87. The molecular formula is C29H34BrN3O4S. The number of amides is 3. The van der Waals surface area contributed by atoms with E-state index in [1.54, 1.807) is 16.7 Å². The van der Waals surface area contributed by atoms with Gasteiger partial charge in [0, 0.05) is 22.3 Å². The fraction of sp³-hybridized carbons (Fsp3) is 0.483. The summed E-state index contributed by atoms with van der Waals surface area (Å²) in [7, 11) is 0. The fourth-order valence-electron chi connectivity index (χ4n) is 6.47. The van der Waals surface area contributed by atoms with Gasteiger partial charge in [0.25, 0.3) is 0 Å². The van der Waals surface area contributed by atoms with Crippen molar-refractivity contribution < 1.29 is 19.5 Å². The van der Waals surface area contributed by atoms with Gasteiger partial charge in [0.15, 0.2) is 0 Å². The second-order valence-electron chi connectivity index (χ2n) is 10.6. The van der Waals surface area contributed by atoms with Crippen molar-refractivity contribution in [3.05, 3.63) is 66.2 Å². The molecule has 2 aromatic carbocycles. The van der Waals surface area contributed by atoms with Crippen molar-refractivity contribution in [3.8, 4) is 0 Å². The highest BCUT2D eigenvalue weighted by Crippen LogP contribution is 2.68. The number of anilines is 1. The second-order valence-corrected chi connectivity index (χ2v) is 13.3. The summed E-state index contributed by atoms with van der Waals surface area (Å²) in [4.78, 5) is 43.6. The highest BCUT2D eigenvalue weighted by atomic mass is 79.9. The highest BCUT2D eigenvalue weighted by molar-refractivity contribution is 9.09. The Labute approximate surface area is 236 Å². The molecule has 3 amide bonds. The highest BCUT2D eigenvalue weighted by Gasteiger charge is 2.76. The van der Waals surface area contributed by atoms with Gasteiger partial charge in [-0.2, -0.15) is 0 Å². The summed E-state index contributed by atoms with van der Waals surface area (Å²) in [6, 6.07) is 17.6. The minimum absolute atomic E-state index is 0.0105. The third-order valence-electron chi connectivity index (χ3n) is 8.47. The van der Waals surface area contributed by atoms with Gasteiger partial charge in [-0.3, -0.25) is 14.4 Å². The Morgan fingerprint density at radius 3 is 2.42 bits per heavy atom. The first-order valence-corrected chi connectivity index (χ1v) is 15.0. The van der Waals surface area contributed by atoms with Crippen LogP contribution in [0, 0.1) is 17.8 Å². The average Bonchev–Trinajstić information content (AvgIpc) is 3.52. The van der Waals surface area contributed by atoms with E-state index < -0.39 is 28.7 Å². The monoisotopic (exact) mass is 599 g/mol. The van der Waals surface area contributed by atoms with Gasteiger partial charge in [0.2, 0.25) is 17.7 Å². The zero-order chi connectivity index (χ0) is 27.0. The van der Waals surface area contributed by atoms with Crippen LogP contribution in [0.5, 0.6) is 0 Å². The molecule has 8 atom stereocenters. The van der Waals surface area contributed by atoms with E-state index in [9.17, 15) is 19.5 Å². The topological polar surface area (TPSA) is 98.7 Å². The molecule has 5 rings (SSSR count). The summed E-state index contributed by atoms with van der Waals surface area (Å²) < 4.78 is -0.754. The van der Waals surface area contributed by atoms with Gasteiger partial charge in [-0.05, 0) is 30.0 Å². The lowest BCUT2D eigenvalue weighted by atomic mass is 9.70. The molecule has 3 saturated heterocycles. The molecule has 0 aliphatic carbocycles. The lowest BCUT2D eigenvalue weighted by Gasteiger charge is -2.39. The first kappa shape index (κ1) is 27.2. The van der Waals surface area contributed by atoms with E-state index in [0.29, 0.717) is 18.7 Å². The van der Waals surface area contributed by atoms with E-state index in [-0.39, 0.29) is 40.3 Å². The molecule has 2 aromatic rings. The molecule has 2 bridgehead atoms. The first-order chi connectivity index (χ1) is 18.3. The van der Waals surface area contributed by atoms with Crippen molar-refractivity contribution in [1.82, 2.24) is 10.2 Å². The summed E-state index contributed by atoms with van der Waals surface area (Å²) in [5, 5.41) is 16.4. The molecule has 7 nitrogen and oxygen atoms in total. The molecule has 0 saturated carbocycles. The van der Waals surface area contributed by atoms with E-state index >= 15 is 0 Å². The van der Waals surface area contributed by atoms with Crippen LogP contribution in [-0.4, -0.2) is 61.2 Å². The number of fused-ring (bicyclic) bond motifs is 1. The van der Waals surface area contributed by atoms with Gasteiger partial charge in [0.1, 0.15) is 6.04 Å². The number of halogens is 1. The predicted octanol–water partition coefficient (Wildman–Crippen LogP) is 3.81. The Bertz CT molecular complexity index is 1180. The van der Waals surface area contributed by atoms with Gasteiger partial charge >= 0.3 is 0 Å². The second kappa shape index (κ2) is 11.0. The number of carbonyl (C=O) groups is 3. The molecular weight excluding hydrogens is 566 g/mol. The van der Waals surface area contributed by atoms with Gasteiger partial charge < -0.3 is 20.6 Å². The Kier molecular flexibility index (Phi) is 7.89. The van der Waals surface area contributed by atoms with Crippen LogP contribution in [-0.2, 0) is 20.9 Å². The van der Waals surface area contributed by atoms with E-state index in [1.165, 1.54) is 0 Å². The number of alkyl halides is 1. The zero-order valence-corrected chi connectivity index (χ0v) is 24.0. The predicted molar refractivity (Wildman–Crippen MR) is 153 cm³/mol. The maximum atomic E-state index is 14.3. The van der Waals surface area contributed by atoms with Crippen molar-refractivity contribution >= 4 is 51.1 Å². The van der Waals surface area contributed by atoms with Gasteiger partial charge in [0.05, 0.1) is 29.2 Å². The smallest absolute Gasteiger partial charge is 0.244 e. The van der Waals surface area contributed by atoms with Crippen molar-refractivity contribution in [2.45, 2.75) is 60.1 Å². The molecule has 9 heteroatoms. The van der Waals surface area contributed by atoms with E-state index in [2.05, 4.69) is 26.6 Å². The Balaban J connectivity index is 1.51. The summed E-state index contributed by atoms with van der Waals surface area (Å²) >= 11 is 5.40. The van der Waals surface area contributed by atoms with Crippen LogP contribution >= 0.6 is 27.7 Å². The van der Waals surface area contributed by atoms with E-state index in [4.69, 9.17) is 0 Å². The number of aliphatic hydroxyl groups is 1. The number of thioether (sulfide) groups is 1. The standard InChI is InChI=1S/C29H34BrN3O4S/c1-3-17(2)21(16-34)33-25(27(36)31-15-18-10-6-4-7-11-18)29-14-20(30)24(38-29)22(23(29)28(33)37)26(35)32-19-12-8-5-9-13-19/h4-13,17,20-25,34H,3,14-16H2,1-2H3,(H,31,36)(H,32,35)/t17-,20?,21-,22+,23-,24+,25?,29?/m0/s1. The maximum absolute atomic E-state index is 14.3. The zero-order valence-electron chi connectivity index (χ0n) is 21.5. The van der Waals surface area contributed by atoms with Gasteiger partial charge in [-0.25, -0.2) is 0 Å². The molecule has 3 aliphatic rings. The number of para-hydroxylation sites is 1. The fourth-order valence-corrected chi connectivity index (χ4v) is 10.1. The SMILES string of the molecule is CC[C@H](C)[C@H](CO)N1C(=O)[C@@H]2[C@@H](C(=O)Nc3ccccc3)[C@@H]3SC2(CC3Br)C1C(=O)NCc1ccccc1. The number of nitrogens with one attached hydrogen (secondary N) is 2. The van der Waals surface area contributed by atoms with Crippen LogP contribution in [0.2, 0.25) is 0 Å². The summed E-state index contributed by atoms with van der Waals surface area (Å²) in [6.07, 6.45) is 1.35. The van der Waals surface area contributed by atoms with Crippen molar-refractivity contribution in [1.29, 1.82) is 0 Å². The first-order valence-electron chi connectivity index (χ1n) is 13.2. The van der Waals surface area contributed by atoms with Crippen LogP contribution < -0.4 is 10.6 Å². The van der Waals surface area contributed by atoms with Crippen LogP contribution in [0.1, 0.15) is 32.3 Å². The third kappa shape index (κ3) is 4.56. The number of aliphatic hydroxyl groups excluding tert-OH is 1. The molecule has 3 N–H and O–H groups in total. The third-order valence-corrected chi connectivity index (χ3v) is 11.7. The molecule has 0 aromatic heterocycles. The lowest BCUT2D eigenvalue weighted by Crippen LogP contribution is -2.58. The molecule has 202 valence electrons. The van der Waals surface area contributed by atoms with Crippen molar-refractivity contribution in [3.63, 3.8) is 0 Å². The maximum Gasteiger partial charge on any atom is 0.244 e. The van der Waals surface area contributed by atoms with Crippen LogP contribution in [0.25, 0.3) is 0 Å². The molecule has 3 aliphatic heterocycles. The summed E-state index contributed by atoms with van der Waals surface area (Å²) in [5.41, 5.74) is 1.64.